The topological polar surface area (TPSA) is 17.1 Å². The van der Waals surface area contributed by atoms with Crippen LogP contribution in [0.2, 0.25) is 0 Å². The molecular weight excluding hydrogens is 168 g/mol. The standard InChI is InChI=1S/C10H18OS/c1-7(2)8(3)12-10-5-4-9(11)6-10/h7-8,10H,4-6H2,1-3H3. The lowest BCUT2D eigenvalue weighted by Gasteiger charge is -2.18. The Bertz CT molecular complexity index is 165. The zero-order valence-corrected chi connectivity index (χ0v) is 8.99. The van der Waals surface area contributed by atoms with Gasteiger partial charge < -0.3 is 0 Å². The minimum Gasteiger partial charge on any atom is -0.300 e. The van der Waals surface area contributed by atoms with Crippen molar-refractivity contribution >= 4 is 17.5 Å². The molecule has 0 spiro atoms. The Kier molecular flexibility index (Phi) is 3.63. The summed E-state index contributed by atoms with van der Waals surface area (Å²) in [6, 6.07) is 0. The number of rotatable bonds is 3. The van der Waals surface area contributed by atoms with Crippen LogP contribution in [0.15, 0.2) is 0 Å². The smallest absolute Gasteiger partial charge is 0.134 e. The Hall–Kier alpha value is 0.0200. The van der Waals surface area contributed by atoms with Gasteiger partial charge in [0.05, 0.1) is 0 Å². The fourth-order valence-electron chi connectivity index (χ4n) is 1.36. The third kappa shape index (κ3) is 2.81. The van der Waals surface area contributed by atoms with Crippen LogP contribution >= 0.6 is 11.8 Å². The second kappa shape index (κ2) is 4.31. The second-order valence-corrected chi connectivity index (χ2v) is 5.67. The largest absolute Gasteiger partial charge is 0.300 e. The van der Waals surface area contributed by atoms with Crippen LogP contribution in [0.5, 0.6) is 0 Å². The maximum atomic E-state index is 11.0. The van der Waals surface area contributed by atoms with E-state index in [9.17, 15) is 4.79 Å². The molecule has 1 rings (SSSR count). The average molecular weight is 186 g/mol. The summed E-state index contributed by atoms with van der Waals surface area (Å²) in [5.41, 5.74) is 0. The van der Waals surface area contributed by atoms with Crippen molar-refractivity contribution in [1.29, 1.82) is 0 Å². The normalized spacial score (nSPS) is 26.7. The number of ketones is 1. The number of thioether (sulfide) groups is 1. The number of Topliss-reactive ketones (excluding diaryl/α,β-unsaturated/α-hetero) is 1. The first kappa shape index (κ1) is 10.1. The van der Waals surface area contributed by atoms with E-state index in [-0.39, 0.29) is 0 Å². The molecule has 0 heterocycles. The first-order valence-electron chi connectivity index (χ1n) is 4.76. The van der Waals surface area contributed by atoms with Crippen molar-refractivity contribution < 1.29 is 4.79 Å². The van der Waals surface area contributed by atoms with E-state index in [0.717, 1.165) is 25.2 Å². The van der Waals surface area contributed by atoms with Gasteiger partial charge in [-0.3, -0.25) is 4.79 Å². The molecule has 70 valence electrons. The first-order valence-corrected chi connectivity index (χ1v) is 5.71. The molecule has 2 atom stereocenters. The number of hydrogen-bond acceptors (Lipinski definition) is 2. The van der Waals surface area contributed by atoms with E-state index in [2.05, 4.69) is 20.8 Å². The van der Waals surface area contributed by atoms with E-state index >= 15 is 0 Å². The molecule has 1 nitrogen and oxygen atoms in total. The van der Waals surface area contributed by atoms with Crippen LogP contribution in [0.4, 0.5) is 0 Å². The van der Waals surface area contributed by atoms with Gasteiger partial charge in [-0.15, -0.1) is 0 Å². The van der Waals surface area contributed by atoms with Crippen LogP contribution in [0.1, 0.15) is 40.0 Å². The van der Waals surface area contributed by atoms with Gasteiger partial charge in [0, 0.05) is 23.3 Å². The maximum absolute atomic E-state index is 11.0. The van der Waals surface area contributed by atoms with Crippen LogP contribution in [0.25, 0.3) is 0 Å². The zero-order chi connectivity index (χ0) is 9.14. The average Bonchev–Trinajstić information content (AvgIpc) is 2.35. The molecule has 0 aromatic rings. The fourth-order valence-corrected chi connectivity index (χ4v) is 2.81. The van der Waals surface area contributed by atoms with Gasteiger partial charge in [0.25, 0.3) is 0 Å². The number of carbonyl (C=O) groups is 1. The van der Waals surface area contributed by atoms with Crippen LogP contribution < -0.4 is 0 Å². The molecule has 0 saturated heterocycles. The third-order valence-corrected chi connectivity index (χ3v) is 4.31. The van der Waals surface area contributed by atoms with E-state index in [1.165, 1.54) is 0 Å². The van der Waals surface area contributed by atoms with Crippen molar-refractivity contribution in [3.8, 4) is 0 Å². The van der Waals surface area contributed by atoms with Crippen molar-refractivity contribution in [1.82, 2.24) is 0 Å². The van der Waals surface area contributed by atoms with Crippen LogP contribution in [0, 0.1) is 5.92 Å². The van der Waals surface area contributed by atoms with E-state index < -0.39 is 0 Å². The Morgan fingerprint density at radius 1 is 1.42 bits per heavy atom. The molecule has 2 unspecified atom stereocenters. The monoisotopic (exact) mass is 186 g/mol. The molecule has 0 aliphatic heterocycles. The Morgan fingerprint density at radius 3 is 2.50 bits per heavy atom. The van der Waals surface area contributed by atoms with Crippen molar-refractivity contribution in [3.05, 3.63) is 0 Å². The van der Waals surface area contributed by atoms with Gasteiger partial charge in [0.2, 0.25) is 0 Å². The van der Waals surface area contributed by atoms with Crippen molar-refractivity contribution in [2.24, 2.45) is 5.92 Å². The molecule has 0 amide bonds. The highest BCUT2D eigenvalue weighted by Gasteiger charge is 2.24. The Labute approximate surface area is 79.3 Å². The molecule has 1 fully saturated rings. The SMILES string of the molecule is CC(C)C(C)SC1CCC(=O)C1. The predicted molar refractivity (Wildman–Crippen MR) is 54.5 cm³/mol. The highest BCUT2D eigenvalue weighted by molar-refractivity contribution is 8.00. The summed E-state index contributed by atoms with van der Waals surface area (Å²) in [5, 5.41) is 1.32. The highest BCUT2D eigenvalue weighted by Crippen LogP contribution is 2.32. The van der Waals surface area contributed by atoms with Gasteiger partial charge in [0.1, 0.15) is 5.78 Å². The number of carbonyl (C=O) groups excluding carboxylic acids is 1. The predicted octanol–water partition coefficient (Wildman–Crippen LogP) is 2.89. The van der Waals surface area contributed by atoms with Crippen LogP contribution in [-0.2, 0) is 4.79 Å². The molecule has 1 aliphatic rings. The zero-order valence-electron chi connectivity index (χ0n) is 8.17. The summed E-state index contributed by atoms with van der Waals surface area (Å²) in [4.78, 5) is 11.0. The Morgan fingerprint density at radius 2 is 2.08 bits per heavy atom. The molecular formula is C10H18OS. The fraction of sp³-hybridized carbons (Fsp3) is 0.900. The van der Waals surface area contributed by atoms with Gasteiger partial charge in [-0.05, 0) is 12.3 Å². The lowest BCUT2D eigenvalue weighted by atomic mass is 10.2. The molecule has 2 heteroatoms. The lowest BCUT2D eigenvalue weighted by molar-refractivity contribution is -0.117. The van der Waals surface area contributed by atoms with E-state index in [0.29, 0.717) is 16.3 Å². The molecule has 0 aromatic carbocycles. The molecule has 1 aliphatic carbocycles. The van der Waals surface area contributed by atoms with E-state index in [1.54, 1.807) is 0 Å². The summed E-state index contributed by atoms with van der Waals surface area (Å²) >= 11 is 2.00. The molecule has 0 N–H and O–H groups in total. The summed E-state index contributed by atoms with van der Waals surface area (Å²) in [6.45, 7) is 6.75. The van der Waals surface area contributed by atoms with Gasteiger partial charge in [0.15, 0.2) is 0 Å². The van der Waals surface area contributed by atoms with Gasteiger partial charge in [-0.1, -0.05) is 20.8 Å². The maximum Gasteiger partial charge on any atom is 0.134 e. The van der Waals surface area contributed by atoms with E-state index in [4.69, 9.17) is 0 Å². The highest BCUT2D eigenvalue weighted by atomic mass is 32.2. The molecule has 12 heavy (non-hydrogen) atoms. The van der Waals surface area contributed by atoms with Crippen molar-refractivity contribution in [2.75, 3.05) is 0 Å². The second-order valence-electron chi connectivity index (χ2n) is 3.99. The molecule has 1 saturated carbocycles. The third-order valence-electron chi connectivity index (χ3n) is 2.55. The summed E-state index contributed by atoms with van der Waals surface area (Å²) in [5.74, 6) is 1.19. The minimum atomic E-state index is 0.462. The summed E-state index contributed by atoms with van der Waals surface area (Å²) in [6.07, 6.45) is 2.75. The lowest BCUT2D eigenvalue weighted by Crippen LogP contribution is -2.11. The van der Waals surface area contributed by atoms with Crippen molar-refractivity contribution in [2.45, 2.75) is 50.5 Å². The molecule has 0 aromatic heterocycles. The quantitative estimate of drug-likeness (QED) is 0.674. The minimum absolute atomic E-state index is 0.462. The Balaban J connectivity index is 2.27. The summed E-state index contributed by atoms with van der Waals surface area (Å²) < 4.78 is 0. The van der Waals surface area contributed by atoms with Gasteiger partial charge in [-0.2, -0.15) is 11.8 Å². The van der Waals surface area contributed by atoms with Crippen molar-refractivity contribution in [3.63, 3.8) is 0 Å². The first-order chi connectivity index (χ1) is 5.59. The number of hydrogen-bond donors (Lipinski definition) is 0. The molecule has 0 bridgehead atoms. The van der Waals surface area contributed by atoms with Gasteiger partial charge in [-0.25, -0.2) is 0 Å². The summed E-state index contributed by atoms with van der Waals surface area (Å²) in [7, 11) is 0. The van der Waals surface area contributed by atoms with E-state index in [1.807, 2.05) is 11.8 Å². The van der Waals surface area contributed by atoms with Crippen LogP contribution in [0.3, 0.4) is 0 Å². The van der Waals surface area contributed by atoms with Gasteiger partial charge >= 0.3 is 0 Å². The van der Waals surface area contributed by atoms with Crippen LogP contribution in [-0.4, -0.2) is 16.3 Å². The molecule has 0 radical (unpaired) electrons.